The molecule has 5 heteroatoms. The van der Waals surface area contributed by atoms with Gasteiger partial charge in [0.15, 0.2) is 0 Å². The number of amides is 2. The molecule has 2 amide bonds. The molecule has 0 heterocycles. The van der Waals surface area contributed by atoms with Gasteiger partial charge in [0, 0.05) is 38.5 Å². The van der Waals surface area contributed by atoms with E-state index >= 15 is 0 Å². The maximum absolute atomic E-state index is 11.6. The minimum atomic E-state index is -0.0350. The summed E-state index contributed by atoms with van der Waals surface area (Å²) in [7, 11) is 3.49. The quantitative estimate of drug-likeness (QED) is 0.787. The standard InChI is InChI=1S/C15H21ClN2O2/c1-18(2)15(20)9-8-12-5-3-6-13(11-12)17-14(19)7-4-10-16/h3,5-6,11H,4,7-10H2,1-2H3,(H,17,19). The highest BCUT2D eigenvalue weighted by Gasteiger charge is 2.06. The van der Waals surface area contributed by atoms with Crippen LogP contribution in [-0.4, -0.2) is 36.7 Å². The minimum Gasteiger partial charge on any atom is -0.349 e. The van der Waals surface area contributed by atoms with Crippen LogP contribution >= 0.6 is 11.6 Å². The number of hydrogen-bond donors (Lipinski definition) is 1. The lowest BCUT2D eigenvalue weighted by atomic mass is 10.1. The number of alkyl halides is 1. The number of carbonyl (C=O) groups is 2. The Morgan fingerprint density at radius 1 is 1.25 bits per heavy atom. The topological polar surface area (TPSA) is 49.4 Å². The summed E-state index contributed by atoms with van der Waals surface area (Å²) in [6, 6.07) is 7.58. The van der Waals surface area contributed by atoms with Crippen LogP contribution in [0.2, 0.25) is 0 Å². The predicted octanol–water partition coefficient (Wildman–Crippen LogP) is 2.66. The second-order valence-electron chi connectivity index (χ2n) is 4.83. The molecule has 1 aromatic rings. The Balaban J connectivity index is 2.53. The Morgan fingerprint density at radius 2 is 2.00 bits per heavy atom. The third-order valence-corrected chi connectivity index (χ3v) is 3.14. The van der Waals surface area contributed by atoms with E-state index in [-0.39, 0.29) is 11.8 Å². The molecule has 0 saturated heterocycles. The number of hydrogen-bond acceptors (Lipinski definition) is 2. The Labute approximate surface area is 125 Å². The van der Waals surface area contributed by atoms with Crippen LogP contribution in [0.1, 0.15) is 24.8 Å². The van der Waals surface area contributed by atoms with Gasteiger partial charge in [0.1, 0.15) is 0 Å². The van der Waals surface area contributed by atoms with Crippen LogP contribution < -0.4 is 5.32 Å². The van der Waals surface area contributed by atoms with E-state index in [0.717, 1.165) is 11.3 Å². The first-order valence-electron chi connectivity index (χ1n) is 6.68. The van der Waals surface area contributed by atoms with Crippen LogP contribution in [0.25, 0.3) is 0 Å². The first kappa shape index (κ1) is 16.5. The lowest BCUT2D eigenvalue weighted by molar-refractivity contribution is -0.128. The van der Waals surface area contributed by atoms with Crippen molar-refractivity contribution < 1.29 is 9.59 Å². The Morgan fingerprint density at radius 3 is 2.65 bits per heavy atom. The molecule has 4 nitrogen and oxygen atoms in total. The molecule has 0 aliphatic rings. The van der Waals surface area contributed by atoms with Crippen LogP contribution in [0.3, 0.4) is 0 Å². The summed E-state index contributed by atoms with van der Waals surface area (Å²) >= 11 is 5.55. The average Bonchev–Trinajstić information content (AvgIpc) is 2.42. The van der Waals surface area contributed by atoms with Crippen molar-refractivity contribution in [3.8, 4) is 0 Å². The van der Waals surface area contributed by atoms with Gasteiger partial charge in [0.2, 0.25) is 11.8 Å². The molecule has 110 valence electrons. The molecule has 20 heavy (non-hydrogen) atoms. The lowest BCUT2D eigenvalue weighted by Gasteiger charge is -2.10. The fourth-order valence-corrected chi connectivity index (χ4v) is 1.86. The van der Waals surface area contributed by atoms with E-state index in [9.17, 15) is 9.59 Å². The Bertz CT molecular complexity index is 461. The monoisotopic (exact) mass is 296 g/mol. The minimum absolute atomic E-state index is 0.0350. The van der Waals surface area contributed by atoms with Gasteiger partial charge in [0.25, 0.3) is 0 Å². The highest BCUT2D eigenvalue weighted by molar-refractivity contribution is 6.18. The molecule has 0 spiro atoms. The molecule has 0 unspecified atom stereocenters. The molecular weight excluding hydrogens is 276 g/mol. The number of nitrogens with one attached hydrogen (secondary N) is 1. The van der Waals surface area contributed by atoms with Crippen LogP contribution in [0.4, 0.5) is 5.69 Å². The summed E-state index contributed by atoms with van der Waals surface area (Å²) in [5.74, 6) is 0.550. The second kappa shape index (κ2) is 8.59. The molecule has 1 rings (SSSR count). The zero-order valence-corrected chi connectivity index (χ0v) is 12.7. The summed E-state index contributed by atoms with van der Waals surface area (Å²) in [5.41, 5.74) is 1.80. The van der Waals surface area contributed by atoms with Crippen molar-refractivity contribution in [1.82, 2.24) is 4.90 Å². The van der Waals surface area contributed by atoms with Gasteiger partial charge in [-0.1, -0.05) is 12.1 Å². The summed E-state index contributed by atoms with van der Waals surface area (Å²) in [6.45, 7) is 0. The maximum Gasteiger partial charge on any atom is 0.224 e. The van der Waals surface area contributed by atoms with E-state index in [1.165, 1.54) is 0 Å². The number of benzene rings is 1. The van der Waals surface area contributed by atoms with E-state index in [2.05, 4.69) is 5.32 Å². The largest absolute Gasteiger partial charge is 0.349 e. The zero-order valence-electron chi connectivity index (χ0n) is 12.0. The first-order valence-corrected chi connectivity index (χ1v) is 7.21. The zero-order chi connectivity index (χ0) is 15.0. The van der Waals surface area contributed by atoms with E-state index in [1.54, 1.807) is 19.0 Å². The maximum atomic E-state index is 11.6. The molecule has 0 aliphatic carbocycles. The Hall–Kier alpha value is -1.55. The number of carbonyl (C=O) groups excluding carboxylic acids is 2. The fourth-order valence-electron chi connectivity index (χ4n) is 1.73. The summed E-state index contributed by atoms with van der Waals surface area (Å²) in [6.07, 6.45) is 2.23. The van der Waals surface area contributed by atoms with Crippen LogP contribution in [0, 0.1) is 0 Å². The molecule has 0 aromatic heterocycles. The lowest BCUT2D eigenvalue weighted by Crippen LogP contribution is -2.21. The smallest absolute Gasteiger partial charge is 0.224 e. The van der Waals surface area contributed by atoms with Crippen molar-refractivity contribution in [2.24, 2.45) is 0 Å². The van der Waals surface area contributed by atoms with Gasteiger partial charge < -0.3 is 10.2 Å². The molecule has 0 saturated carbocycles. The number of aryl methyl sites for hydroxylation is 1. The molecule has 1 N–H and O–H groups in total. The van der Waals surface area contributed by atoms with E-state index in [4.69, 9.17) is 11.6 Å². The molecule has 0 bridgehead atoms. The highest BCUT2D eigenvalue weighted by Crippen LogP contribution is 2.13. The number of halogens is 1. The van der Waals surface area contributed by atoms with Crippen molar-refractivity contribution in [2.45, 2.75) is 25.7 Å². The Kier molecular flexibility index (Phi) is 7.09. The summed E-state index contributed by atoms with van der Waals surface area (Å²) in [4.78, 5) is 24.7. The second-order valence-corrected chi connectivity index (χ2v) is 5.21. The number of nitrogens with zero attached hydrogens (tertiary/aromatic N) is 1. The number of anilines is 1. The molecular formula is C15H21ClN2O2. The molecule has 0 aliphatic heterocycles. The highest BCUT2D eigenvalue weighted by atomic mass is 35.5. The number of rotatable bonds is 7. The van der Waals surface area contributed by atoms with Gasteiger partial charge in [-0.2, -0.15) is 0 Å². The predicted molar refractivity (Wildman–Crippen MR) is 82.0 cm³/mol. The van der Waals surface area contributed by atoms with Crippen molar-refractivity contribution in [3.05, 3.63) is 29.8 Å². The van der Waals surface area contributed by atoms with Gasteiger partial charge in [0.05, 0.1) is 0 Å². The van der Waals surface area contributed by atoms with Crippen LogP contribution in [0.5, 0.6) is 0 Å². The van der Waals surface area contributed by atoms with Gasteiger partial charge in [-0.15, -0.1) is 11.6 Å². The molecule has 0 atom stereocenters. The van der Waals surface area contributed by atoms with Gasteiger partial charge in [-0.3, -0.25) is 9.59 Å². The van der Waals surface area contributed by atoms with E-state index in [1.807, 2.05) is 24.3 Å². The van der Waals surface area contributed by atoms with Crippen molar-refractivity contribution in [1.29, 1.82) is 0 Å². The van der Waals surface area contributed by atoms with Crippen molar-refractivity contribution in [3.63, 3.8) is 0 Å². The molecule has 1 aromatic carbocycles. The fraction of sp³-hybridized carbons (Fsp3) is 0.467. The van der Waals surface area contributed by atoms with E-state index in [0.29, 0.717) is 31.6 Å². The van der Waals surface area contributed by atoms with Gasteiger partial charge >= 0.3 is 0 Å². The third-order valence-electron chi connectivity index (χ3n) is 2.87. The van der Waals surface area contributed by atoms with Gasteiger partial charge in [-0.05, 0) is 30.5 Å². The van der Waals surface area contributed by atoms with Crippen molar-refractivity contribution >= 4 is 29.1 Å². The van der Waals surface area contributed by atoms with Crippen LogP contribution in [-0.2, 0) is 16.0 Å². The summed E-state index contributed by atoms with van der Waals surface area (Å²) < 4.78 is 0. The van der Waals surface area contributed by atoms with Crippen LogP contribution in [0.15, 0.2) is 24.3 Å². The van der Waals surface area contributed by atoms with Crippen molar-refractivity contribution in [2.75, 3.05) is 25.3 Å². The molecule has 0 fully saturated rings. The van der Waals surface area contributed by atoms with E-state index < -0.39 is 0 Å². The summed E-state index contributed by atoms with van der Waals surface area (Å²) in [5, 5.41) is 2.83. The average molecular weight is 297 g/mol. The molecule has 0 radical (unpaired) electrons. The normalized spacial score (nSPS) is 10.2. The van der Waals surface area contributed by atoms with Gasteiger partial charge in [-0.25, -0.2) is 0 Å². The first-order chi connectivity index (χ1) is 9.52. The third kappa shape index (κ3) is 6.06. The SMILES string of the molecule is CN(C)C(=O)CCc1cccc(NC(=O)CCCCl)c1.